The Morgan fingerprint density at radius 2 is 1.81 bits per heavy atom. The average molecular weight is 464 g/mol. The largest absolute Gasteiger partial charge is 0.480 e. The van der Waals surface area contributed by atoms with E-state index in [0.29, 0.717) is 17.1 Å². The number of hydrogen-bond acceptors (Lipinski definition) is 10. The Hall–Kier alpha value is -3.87. The fourth-order valence-electron chi connectivity index (χ4n) is 2.52. The second-order valence-corrected chi connectivity index (χ2v) is 7.27. The van der Waals surface area contributed by atoms with Crippen molar-refractivity contribution >= 4 is 46.5 Å². The second kappa shape index (κ2) is 11.5. The summed E-state index contributed by atoms with van der Waals surface area (Å²) in [5.41, 5.74) is -0.0747. The number of carboxylic acid groups (broad SMARTS) is 1. The molecule has 0 spiro atoms. The quantitative estimate of drug-likeness (QED) is 0.138. The standard InChI is InChI=1S/C19H20N4O8S/c1-2-31-19(26)12-3-5-13(6-4-12)20-11-32-10-16(18(24)25)21-15-8-7-14(22(27)28)9-17(15)23(29)30/h3-9,16,20-21H,2,10-11H2,1H3,(H,24,25). The Bertz CT molecular complexity index is 999. The number of anilines is 2. The molecule has 1 atom stereocenters. The van der Waals surface area contributed by atoms with Gasteiger partial charge in [0.2, 0.25) is 0 Å². The first kappa shape index (κ1) is 24.4. The van der Waals surface area contributed by atoms with Gasteiger partial charge in [0, 0.05) is 17.5 Å². The molecule has 0 saturated carbocycles. The van der Waals surface area contributed by atoms with Gasteiger partial charge in [0.1, 0.15) is 11.7 Å². The molecule has 0 amide bonds. The molecule has 2 aromatic rings. The highest BCUT2D eigenvalue weighted by molar-refractivity contribution is 7.99. The molecule has 12 nitrogen and oxygen atoms in total. The number of carbonyl (C=O) groups excluding carboxylic acids is 1. The number of thioether (sulfide) groups is 1. The van der Waals surface area contributed by atoms with Crippen molar-refractivity contribution in [3.63, 3.8) is 0 Å². The van der Waals surface area contributed by atoms with Crippen LogP contribution < -0.4 is 10.6 Å². The van der Waals surface area contributed by atoms with Gasteiger partial charge in [-0.15, -0.1) is 11.8 Å². The van der Waals surface area contributed by atoms with Crippen molar-refractivity contribution in [1.29, 1.82) is 0 Å². The number of carbonyl (C=O) groups is 2. The molecule has 3 N–H and O–H groups in total. The van der Waals surface area contributed by atoms with Gasteiger partial charge < -0.3 is 20.5 Å². The van der Waals surface area contributed by atoms with Crippen LogP contribution in [-0.2, 0) is 9.53 Å². The van der Waals surface area contributed by atoms with Gasteiger partial charge in [-0.2, -0.15) is 0 Å². The van der Waals surface area contributed by atoms with Crippen LogP contribution in [0.25, 0.3) is 0 Å². The Kier molecular flexibility index (Phi) is 8.77. The number of esters is 1. The molecule has 0 radical (unpaired) electrons. The van der Waals surface area contributed by atoms with E-state index in [9.17, 15) is 34.9 Å². The van der Waals surface area contributed by atoms with Gasteiger partial charge in [0.05, 0.1) is 34.0 Å². The number of hydrogen-bond donors (Lipinski definition) is 3. The molecule has 0 aliphatic carbocycles. The van der Waals surface area contributed by atoms with Crippen LogP contribution in [0, 0.1) is 20.2 Å². The molecule has 2 aromatic carbocycles. The summed E-state index contributed by atoms with van der Waals surface area (Å²) in [6.07, 6.45) is 0. The van der Waals surface area contributed by atoms with Crippen LogP contribution in [0.3, 0.4) is 0 Å². The van der Waals surface area contributed by atoms with Crippen molar-refractivity contribution < 1.29 is 29.3 Å². The van der Waals surface area contributed by atoms with E-state index in [1.165, 1.54) is 11.8 Å². The topological polar surface area (TPSA) is 174 Å². The van der Waals surface area contributed by atoms with Gasteiger partial charge in [0.25, 0.3) is 11.4 Å². The maximum Gasteiger partial charge on any atom is 0.338 e. The van der Waals surface area contributed by atoms with Gasteiger partial charge >= 0.3 is 11.9 Å². The Morgan fingerprint density at radius 3 is 2.38 bits per heavy atom. The van der Waals surface area contributed by atoms with E-state index < -0.39 is 39.2 Å². The molecule has 0 heterocycles. The molecule has 0 aliphatic rings. The van der Waals surface area contributed by atoms with E-state index >= 15 is 0 Å². The first-order valence-corrected chi connectivity index (χ1v) is 10.4. The number of ether oxygens (including phenoxy) is 1. The highest BCUT2D eigenvalue weighted by Gasteiger charge is 2.24. The van der Waals surface area contributed by atoms with E-state index in [1.54, 1.807) is 31.2 Å². The monoisotopic (exact) mass is 464 g/mol. The summed E-state index contributed by atoms with van der Waals surface area (Å²) in [4.78, 5) is 43.7. The minimum atomic E-state index is -1.23. The van der Waals surface area contributed by atoms with Crippen molar-refractivity contribution in [3.05, 3.63) is 68.3 Å². The first-order chi connectivity index (χ1) is 15.2. The molecule has 0 bridgehead atoms. The molecule has 0 aliphatic heterocycles. The van der Waals surface area contributed by atoms with Crippen LogP contribution >= 0.6 is 11.8 Å². The zero-order chi connectivity index (χ0) is 23.7. The number of nitro groups is 2. The summed E-state index contributed by atoms with van der Waals surface area (Å²) in [7, 11) is 0. The third-order valence-corrected chi connectivity index (χ3v) is 4.99. The van der Waals surface area contributed by atoms with E-state index in [2.05, 4.69) is 10.6 Å². The molecular formula is C19H20N4O8S. The minimum Gasteiger partial charge on any atom is -0.480 e. The third kappa shape index (κ3) is 6.84. The molecule has 170 valence electrons. The summed E-state index contributed by atoms with van der Waals surface area (Å²) in [6, 6.07) is 8.33. The van der Waals surface area contributed by atoms with Crippen molar-refractivity contribution in [2.45, 2.75) is 13.0 Å². The second-order valence-electron chi connectivity index (χ2n) is 6.24. The predicted molar refractivity (Wildman–Crippen MR) is 118 cm³/mol. The summed E-state index contributed by atoms with van der Waals surface area (Å²) >= 11 is 1.22. The Labute approximate surface area is 186 Å². The van der Waals surface area contributed by atoms with Crippen molar-refractivity contribution in [2.24, 2.45) is 0 Å². The third-order valence-electron chi connectivity index (χ3n) is 4.08. The lowest BCUT2D eigenvalue weighted by atomic mass is 10.2. The number of aliphatic carboxylic acids is 1. The van der Waals surface area contributed by atoms with Crippen molar-refractivity contribution in [3.8, 4) is 0 Å². The summed E-state index contributed by atoms with van der Waals surface area (Å²) in [6.45, 7) is 1.99. The van der Waals surface area contributed by atoms with Crippen molar-refractivity contribution in [1.82, 2.24) is 0 Å². The number of nitrogens with zero attached hydrogens (tertiary/aromatic N) is 2. The van der Waals surface area contributed by atoms with Gasteiger partial charge in [-0.3, -0.25) is 20.2 Å². The summed E-state index contributed by atoms with van der Waals surface area (Å²) in [5, 5.41) is 37.1. The van der Waals surface area contributed by atoms with Crippen molar-refractivity contribution in [2.75, 3.05) is 28.9 Å². The molecule has 32 heavy (non-hydrogen) atoms. The fraction of sp³-hybridized carbons (Fsp3) is 0.263. The van der Waals surface area contributed by atoms with Gasteiger partial charge in [-0.25, -0.2) is 9.59 Å². The summed E-state index contributed by atoms with van der Waals surface area (Å²) in [5.74, 6) is -1.28. The lowest BCUT2D eigenvalue weighted by Crippen LogP contribution is -2.32. The fourth-order valence-corrected chi connectivity index (χ4v) is 3.37. The molecule has 13 heteroatoms. The smallest absolute Gasteiger partial charge is 0.338 e. The lowest BCUT2D eigenvalue weighted by Gasteiger charge is -2.16. The normalized spacial score (nSPS) is 11.3. The number of non-ortho nitro benzene ring substituents is 1. The lowest BCUT2D eigenvalue weighted by molar-refractivity contribution is -0.393. The number of nitro benzene ring substituents is 2. The van der Waals surface area contributed by atoms with Crippen LogP contribution in [0.2, 0.25) is 0 Å². The molecule has 0 saturated heterocycles. The minimum absolute atomic E-state index is 0.0530. The molecule has 2 rings (SSSR count). The Balaban J connectivity index is 1.95. The van der Waals surface area contributed by atoms with E-state index in [0.717, 1.165) is 18.2 Å². The van der Waals surface area contributed by atoms with Crippen LogP contribution in [0.1, 0.15) is 17.3 Å². The molecule has 0 aromatic heterocycles. The van der Waals surface area contributed by atoms with Crippen LogP contribution in [0.5, 0.6) is 0 Å². The van der Waals surface area contributed by atoms with Crippen LogP contribution in [0.15, 0.2) is 42.5 Å². The SMILES string of the molecule is CCOC(=O)c1ccc(NCSCC(Nc2ccc([N+](=O)[O-])cc2[N+](=O)[O-])C(=O)O)cc1. The van der Waals surface area contributed by atoms with Gasteiger partial charge in [0.15, 0.2) is 0 Å². The molecular weight excluding hydrogens is 444 g/mol. The van der Waals surface area contributed by atoms with Crippen LogP contribution in [-0.4, -0.2) is 51.2 Å². The number of nitrogens with one attached hydrogen (secondary N) is 2. The maximum absolute atomic E-state index is 11.6. The van der Waals surface area contributed by atoms with Gasteiger partial charge in [-0.1, -0.05) is 0 Å². The Morgan fingerprint density at radius 1 is 1.12 bits per heavy atom. The summed E-state index contributed by atoms with van der Waals surface area (Å²) < 4.78 is 4.90. The molecule has 0 fully saturated rings. The van der Waals surface area contributed by atoms with E-state index in [1.807, 2.05) is 0 Å². The highest BCUT2D eigenvalue weighted by Crippen LogP contribution is 2.29. The molecule has 1 unspecified atom stereocenters. The van der Waals surface area contributed by atoms with Gasteiger partial charge in [-0.05, 0) is 37.3 Å². The first-order valence-electron chi connectivity index (χ1n) is 9.24. The zero-order valence-electron chi connectivity index (χ0n) is 16.8. The van der Waals surface area contributed by atoms with Crippen LogP contribution in [0.4, 0.5) is 22.7 Å². The maximum atomic E-state index is 11.6. The average Bonchev–Trinajstić information content (AvgIpc) is 2.76. The predicted octanol–water partition coefficient (Wildman–Crippen LogP) is 3.35. The van der Waals surface area contributed by atoms with E-state index in [4.69, 9.17) is 4.74 Å². The van der Waals surface area contributed by atoms with E-state index in [-0.39, 0.29) is 18.0 Å². The zero-order valence-corrected chi connectivity index (χ0v) is 17.7. The highest BCUT2D eigenvalue weighted by atomic mass is 32.2. The number of carboxylic acids is 1. The number of benzene rings is 2. The number of rotatable bonds is 12.